The van der Waals surface area contributed by atoms with Crippen LogP contribution < -0.4 is 5.32 Å². The van der Waals surface area contributed by atoms with Crippen LogP contribution in [0.3, 0.4) is 0 Å². The van der Waals surface area contributed by atoms with Crippen LogP contribution in [0.15, 0.2) is 10.6 Å². The molecule has 0 aliphatic carbocycles. The predicted molar refractivity (Wildman–Crippen MR) is 62.3 cm³/mol. The molecule has 0 saturated carbocycles. The van der Waals surface area contributed by atoms with Crippen molar-refractivity contribution in [2.24, 2.45) is 0 Å². The lowest BCUT2D eigenvalue weighted by Gasteiger charge is -2.16. The molecular weight excluding hydrogens is 206 g/mol. The molecular formula is C11H19N3O2. The number of nitrogens with zero attached hydrogens (tertiary/aromatic N) is 2. The summed E-state index contributed by atoms with van der Waals surface area (Å²) in [6, 6.07) is 1.76. The first kappa shape index (κ1) is 12.5. The minimum absolute atomic E-state index is 0.0640. The second-order valence-electron chi connectivity index (χ2n) is 3.85. The zero-order valence-corrected chi connectivity index (χ0v) is 10.1. The maximum atomic E-state index is 11.6. The number of aryl methyl sites for hydroxylation is 1. The summed E-state index contributed by atoms with van der Waals surface area (Å²) in [5.41, 5.74) is 0. The van der Waals surface area contributed by atoms with Gasteiger partial charge in [-0.2, -0.15) is 0 Å². The molecule has 1 heterocycles. The van der Waals surface area contributed by atoms with Crippen molar-refractivity contribution in [2.75, 3.05) is 25.5 Å². The topological polar surface area (TPSA) is 58.4 Å². The fourth-order valence-corrected chi connectivity index (χ4v) is 1.27. The summed E-state index contributed by atoms with van der Waals surface area (Å²) in [6.45, 7) is 4.98. The van der Waals surface area contributed by atoms with E-state index in [1.807, 2.05) is 14.0 Å². The van der Waals surface area contributed by atoms with E-state index in [0.29, 0.717) is 5.82 Å². The van der Waals surface area contributed by atoms with Crippen LogP contribution in [0.4, 0.5) is 5.82 Å². The molecule has 0 fully saturated rings. The first-order valence-electron chi connectivity index (χ1n) is 5.54. The Kier molecular flexibility index (Phi) is 4.82. The minimum Gasteiger partial charge on any atom is -0.360 e. The van der Waals surface area contributed by atoms with Crippen LogP contribution in [0.25, 0.3) is 0 Å². The van der Waals surface area contributed by atoms with E-state index in [4.69, 9.17) is 4.52 Å². The number of anilines is 1. The highest BCUT2D eigenvalue weighted by Crippen LogP contribution is 2.06. The summed E-state index contributed by atoms with van der Waals surface area (Å²) >= 11 is 0. The Morgan fingerprint density at radius 1 is 1.62 bits per heavy atom. The van der Waals surface area contributed by atoms with Gasteiger partial charge in [0.2, 0.25) is 5.91 Å². The van der Waals surface area contributed by atoms with Gasteiger partial charge in [-0.05, 0) is 13.3 Å². The Hall–Kier alpha value is -1.52. The number of carbonyl (C=O) groups excluding carboxylic acids is 1. The molecule has 1 N–H and O–H groups in total. The van der Waals surface area contributed by atoms with Gasteiger partial charge in [-0.25, -0.2) is 0 Å². The van der Waals surface area contributed by atoms with Gasteiger partial charge in [-0.1, -0.05) is 18.5 Å². The lowest BCUT2D eigenvalue weighted by molar-refractivity contribution is -0.128. The van der Waals surface area contributed by atoms with Crippen LogP contribution in [-0.4, -0.2) is 36.1 Å². The van der Waals surface area contributed by atoms with Crippen LogP contribution in [0.5, 0.6) is 0 Å². The molecule has 0 aliphatic heterocycles. The van der Waals surface area contributed by atoms with Crippen molar-refractivity contribution in [3.63, 3.8) is 0 Å². The van der Waals surface area contributed by atoms with E-state index >= 15 is 0 Å². The lowest BCUT2D eigenvalue weighted by Crippen LogP contribution is -2.32. The number of likely N-dealkylation sites (N-methyl/N-ethyl adjacent to an activating group) is 1. The lowest BCUT2D eigenvalue weighted by atomic mass is 10.3. The van der Waals surface area contributed by atoms with Crippen LogP contribution in [0.2, 0.25) is 0 Å². The molecule has 0 saturated heterocycles. The van der Waals surface area contributed by atoms with Gasteiger partial charge >= 0.3 is 0 Å². The zero-order chi connectivity index (χ0) is 12.0. The van der Waals surface area contributed by atoms with E-state index in [0.717, 1.165) is 25.1 Å². The van der Waals surface area contributed by atoms with Crippen molar-refractivity contribution in [2.45, 2.75) is 26.7 Å². The van der Waals surface area contributed by atoms with E-state index in [2.05, 4.69) is 17.4 Å². The molecule has 1 aromatic rings. The number of amides is 1. The standard InChI is InChI=1S/C11H19N3O2/c1-4-5-6-14(3)11(15)8-12-10-7-9(2)16-13-10/h7H,4-6,8H2,1-3H3,(H,12,13). The van der Waals surface area contributed by atoms with Crippen molar-refractivity contribution in [1.29, 1.82) is 0 Å². The van der Waals surface area contributed by atoms with Crippen LogP contribution in [-0.2, 0) is 4.79 Å². The molecule has 0 spiro atoms. The molecule has 1 rings (SSSR count). The van der Waals surface area contributed by atoms with Gasteiger partial charge in [0.1, 0.15) is 5.76 Å². The Labute approximate surface area is 95.8 Å². The Morgan fingerprint density at radius 2 is 2.38 bits per heavy atom. The third-order valence-electron chi connectivity index (χ3n) is 2.32. The Morgan fingerprint density at radius 3 is 2.94 bits per heavy atom. The molecule has 5 nitrogen and oxygen atoms in total. The maximum Gasteiger partial charge on any atom is 0.241 e. The maximum absolute atomic E-state index is 11.6. The smallest absolute Gasteiger partial charge is 0.241 e. The molecule has 0 bridgehead atoms. The summed E-state index contributed by atoms with van der Waals surface area (Å²) in [5, 5.41) is 6.68. The summed E-state index contributed by atoms with van der Waals surface area (Å²) in [4.78, 5) is 13.4. The second-order valence-corrected chi connectivity index (χ2v) is 3.85. The fourth-order valence-electron chi connectivity index (χ4n) is 1.27. The molecule has 0 unspecified atom stereocenters. The number of nitrogens with one attached hydrogen (secondary N) is 1. The third-order valence-corrected chi connectivity index (χ3v) is 2.32. The summed E-state index contributed by atoms with van der Waals surface area (Å²) in [7, 11) is 1.81. The van der Waals surface area contributed by atoms with Crippen molar-refractivity contribution >= 4 is 11.7 Å². The minimum atomic E-state index is 0.0640. The van der Waals surface area contributed by atoms with E-state index in [1.54, 1.807) is 11.0 Å². The highest BCUT2D eigenvalue weighted by molar-refractivity contribution is 5.80. The largest absolute Gasteiger partial charge is 0.360 e. The number of unbranched alkanes of at least 4 members (excludes halogenated alkanes) is 1. The number of hydrogen-bond acceptors (Lipinski definition) is 4. The summed E-state index contributed by atoms with van der Waals surface area (Å²) < 4.78 is 4.88. The monoisotopic (exact) mass is 225 g/mol. The van der Waals surface area contributed by atoms with Gasteiger partial charge in [0.05, 0.1) is 6.54 Å². The molecule has 0 aromatic carbocycles. The van der Waals surface area contributed by atoms with Crippen LogP contribution >= 0.6 is 0 Å². The molecule has 90 valence electrons. The Balaban J connectivity index is 2.29. The third kappa shape index (κ3) is 3.92. The molecule has 0 radical (unpaired) electrons. The average molecular weight is 225 g/mol. The van der Waals surface area contributed by atoms with E-state index in [9.17, 15) is 4.79 Å². The SMILES string of the molecule is CCCCN(C)C(=O)CNc1cc(C)on1. The highest BCUT2D eigenvalue weighted by Gasteiger charge is 2.08. The first-order chi connectivity index (χ1) is 7.63. The van der Waals surface area contributed by atoms with Crippen LogP contribution in [0.1, 0.15) is 25.5 Å². The van der Waals surface area contributed by atoms with E-state index in [-0.39, 0.29) is 12.5 Å². The van der Waals surface area contributed by atoms with Gasteiger partial charge in [0, 0.05) is 19.7 Å². The summed E-state index contributed by atoms with van der Waals surface area (Å²) in [5.74, 6) is 1.40. The highest BCUT2D eigenvalue weighted by atomic mass is 16.5. The fraction of sp³-hybridized carbons (Fsp3) is 0.636. The Bertz CT molecular complexity index is 336. The molecule has 5 heteroatoms. The quantitative estimate of drug-likeness (QED) is 0.799. The summed E-state index contributed by atoms with van der Waals surface area (Å²) in [6.07, 6.45) is 2.12. The molecule has 1 aromatic heterocycles. The average Bonchev–Trinajstić information content (AvgIpc) is 2.68. The van der Waals surface area contributed by atoms with E-state index in [1.165, 1.54) is 0 Å². The van der Waals surface area contributed by atoms with Gasteiger partial charge in [-0.15, -0.1) is 0 Å². The van der Waals surface area contributed by atoms with Gasteiger partial charge in [0.15, 0.2) is 5.82 Å². The number of carbonyl (C=O) groups is 1. The molecule has 0 aliphatic rings. The number of hydrogen-bond donors (Lipinski definition) is 1. The van der Waals surface area contributed by atoms with Gasteiger partial charge < -0.3 is 14.7 Å². The first-order valence-corrected chi connectivity index (χ1v) is 5.54. The van der Waals surface area contributed by atoms with Crippen molar-refractivity contribution in [3.8, 4) is 0 Å². The van der Waals surface area contributed by atoms with Gasteiger partial charge in [0.25, 0.3) is 0 Å². The molecule has 1 amide bonds. The zero-order valence-electron chi connectivity index (χ0n) is 10.1. The van der Waals surface area contributed by atoms with Crippen molar-refractivity contribution in [3.05, 3.63) is 11.8 Å². The number of aromatic nitrogens is 1. The number of rotatable bonds is 6. The molecule has 0 atom stereocenters. The predicted octanol–water partition coefficient (Wildman–Crippen LogP) is 1.65. The van der Waals surface area contributed by atoms with Crippen molar-refractivity contribution in [1.82, 2.24) is 10.1 Å². The normalized spacial score (nSPS) is 10.2. The van der Waals surface area contributed by atoms with E-state index < -0.39 is 0 Å². The second kappa shape index (κ2) is 6.15. The van der Waals surface area contributed by atoms with Crippen molar-refractivity contribution < 1.29 is 9.32 Å². The molecule has 16 heavy (non-hydrogen) atoms. The van der Waals surface area contributed by atoms with Gasteiger partial charge in [-0.3, -0.25) is 4.79 Å². The van der Waals surface area contributed by atoms with Crippen LogP contribution in [0, 0.1) is 6.92 Å².